The molecule has 6 heteroatoms. The van der Waals surface area contributed by atoms with Gasteiger partial charge in [-0.1, -0.05) is 30.3 Å². The first-order valence-electron chi connectivity index (χ1n) is 7.57. The number of nitrogens with zero attached hydrogens (tertiary/aromatic N) is 2. The average Bonchev–Trinajstić information content (AvgIpc) is 2.96. The zero-order valence-corrected chi connectivity index (χ0v) is 14.9. The van der Waals surface area contributed by atoms with Crippen molar-refractivity contribution in [3.8, 4) is 0 Å². The molecular formula is C18H22ClN5. The van der Waals surface area contributed by atoms with Crippen LogP contribution in [-0.4, -0.2) is 22.5 Å². The van der Waals surface area contributed by atoms with Gasteiger partial charge in [-0.2, -0.15) is 5.10 Å². The van der Waals surface area contributed by atoms with E-state index in [2.05, 4.69) is 22.3 Å². The summed E-state index contributed by atoms with van der Waals surface area (Å²) in [5, 5.41) is 19.7. The molecule has 0 amide bonds. The number of allylic oxidation sites excluding steroid dienone is 1. The van der Waals surface area contributed by atoms with Gasteiger partial charge in [0.2, 0.25) is 0 Å². The second-order valence-electron chi connectivity index (χ2n) is 5.39. The molecule has 5 nitrogen and oxygen atoms in total. The standard InChI is InChI=1S/C18H22ClN5/c1-5-15(23-16-10-11-22-24(16)4)17(12(2)20)18(21-3)13-6-8-14(19)9-7-13/h5-11,18,20-21,23H,1H2,2-4H3/b17-15+,20-12?. The maximum Gasteiger partial charge on any atom is 0.128 e. The van der Waals surface area contributed by atoms with Crippen molar-refractivity contribution in [2.24, 2.45) is 7.05 Å². The summed E-state index contributed by atoms with van der Waals surface area (Å²) in [6.07, 6.45) is 3.44. The zero-order chi connectivity index (χ0) is 17.7. The van der Waals surface area contributed by atoms with Crippen LogP contribution >= 0.6 is 11.6 Å². The Hall–Kier alpha value is -2.37. The highest BCUT2D eigenvalue weighted by Gasteiger charge is 2.20. The molecule has 0 aliphatic heterocycles. The first-order valence-corrected chi connectivity index (χ1v) is 7.95. The van der Waals surface area contributed by atoms with E-state index in [0.717, 1.165) is 22.7 Å². The monoisotopic (exact) mass is 343 g/mol. The van der Waals surface area contributed by atoms with Crippen LogP contribution < -0.4 is 10.6 Å². The molecule has 2 aromatic rings. The number of likely N-dealkylation sites (N-methyl/N-ethyl adjacent to an activating group) is 1. The Labute approximate surface area is 147 Å². The summed E-state index contributed by atoms with van der Waals surface area (Å²) in [6, 6.07) is 9.32. The molecule has 0 radical (unpaired) electrons. The first-order chi connectivity index (χ1) is 11.5. The van der Waals surface area contributed by atoms with Crippen LogP contribution in [0.3, 0.4) is 0 Å². The number of halogens is 1. The summed E-state index contributed by atoms with van der Waals surface area (Å²) in [5.74, 6) is 0.828. The van der Waals surface area contributed by atoms with Crippen LogP contribution in [0.25, 0.3) is 0 Å². The van der Waals surface area contributed by atoms with Crippen molar-refractivity contribution in [3.05, 3.63) is 71.0 Å². The van der Waals surface area contributed by atoms with E-state index >= 15 is 0 Å². The van der Waals surface area contributed by atoms with E-state index < -0.39 is 0 Å². The van der Waals surface area contributed by atoms with Crippen molar-refractivity contribution in [1.82, 2.24) is 15.1 Å². The Morgan fingerprint density at radius 3 is 2.46 bits per heavy atom. The molecule has 0 saturated heterocycles. The first kappa shape index (κ1) is 18.0. The van der Waals surface area contributed by atoms with Crippen LogP contribution in [0.1, 0.15) is 18.5 Å². The van der Waals surface area contributed by atoms with Crippen molar-refractivity contribution in [3.63, 3.8) is 0 Å². The Bertz CT molecular complexity index is 758. The SMILES string of the molecule is C=C/C(Nc1ccnn1C)=C(/C(C)=N)C(NC)c1ccc(Cl)cc1. The van der Waals surface area contributed by atoms with Gasteiger partial charge in [-0.05, 0) is 37.7 Å². The van der Waals surface area contributed by atoms with Crippen molar-refractivity contribution in [2.45, 2.75) is 13.0 Å². The average molecular weight is 344 g/mol. The third-order valence-corrected chi connectivity index (χ3v) is 4.01. The van der Waals surface area contributed by atoms with E-state index in [0.29, 0.717) is 10.7 Å². The molecule has 0 aliphatic carbocycles. The predicted octanol–water partition coefficient (Wildman–Crippen LogP) is 3.93. The highest BCUT2D eigenvalue weighted by Crippen LogP contribution is 2.27. The van der Waals surface area contributed by atoms with Crippen LogP contribution in [-0.2, 0) is 7.05 Å². The van der Waals surface area contributed by atoms with Crippen LogP contribution in [0.4, 0.5) is 5.82 Å². The molecule has 1 heterocycles. The lowest BCUT2D eigenvalue weighted by Crippen LogP contribution is -2.25. The molecule has 3 N–H and O–H groups in total. The maximum atomic E-state index is 8.26. The highest BCUT2D eigenvalue weighted by molar-refractivity contribution is 6.30. The van der Waals surface area contributed by atoms with E-state index in [4.69, 9.17) is 17.0 Å². The number of nitrogens with one attached hydrogen (secondary N) is 3. The van der Waals surface area contributed by atoms with Gasteiger partial charge in [0.1, 0.15) is 5.82 Å². The van der Waals surface area contributed by atoms with Crippen LogP contribution in [0.5, 0.6) is 0 Å². The second kappa shape index (κ2) is 7.95. The second-order valence-corrected chi connectivity index (χ2v) is 5.83. The molecule has 0 fully saturated rings. The fraction of sp³-hybridized carbons (Fsp3) is 0.222. The minimum Gasteiger partial charge on any atom is -0.340 e. The fourth-order valence-electron chi connectivity index (χ4n) is 2.57. The van der Waals surface area contributed by atoms with Gasteiger partial charge >= 0.3 is 0 Å². The smallest absolute Gasteiger partial charge is 0.128 e. The molecule has 0 spiro atoms. The molecule has 1 unspecified atom stereocenters. The Morgan fingerprint density at radius 2 is 2.00 bits per heavy atom. The van der Waals surface area contributed by atoms with E-state index in [-0.39, 0.29) is 6.04 Å². The van der Waals surface area contributed by atoms with E-state index in [1.165, 1.54) is 0 Å². The van der Waals surface area contributed by atoms with Gasteiger partial charge < -0.3 is 16.0 Å². The number of aromatic nitrogens is 2. The van der Waals surface area contributed by atoms with Gasteiger partial charge in [0.05, 0.1) is 12.2 Å². The lowest BCUT2D eigenvalue weighted by molar-refractivity contribution is 0.692. The van der Waals surface area contributed by atoms with Crippen molar-refractivity contribution in [1.29, 1.82) is 5.41 Å². The Morgan fingerprint density at radius 1 is 1.33 bits per heavy atom. The number of aryl methyl sites for hydroxylation is 1. The minimum absolute atomic E-state index is 0.159. The molecule has 126 valence electrons. The lowest BCUT2D eigenvalue weighted by atomic mass is 9.93. The number of hydrogen-bond acceptors (Lipinski definition) is 4. The summed E-state index contributed by atoms with van der Waals surface area (Å²) in [4.78, 5) is 0. The topological polar surface area (TPSA) is 65.7 Å². The zero-order valence-electron chi connectivity index (χ0n) is 14.1. The fourth-order valence-corrected chi connectivity index (χ4v) is 2.70. The van der Waals surface area contributed by atoms with Gasteiger partial charge in [0, 0.05) is 35.1 Å². The van der Waals surface area contributed by atoms with Gasteiger partial charge in [-0.25, -0.2) is 0 Å². The van der Waals surface area contributed by atoms with Crippen LogP contribution in [0.15, 0.2) is 60.5 Å². The number of rotatable bonds is 7. The van der Waals surface area contributed by atoms with Crippen molar-refractivity contribution in [2.75, 3.05) is 12.4 Å². The van der Waals surface area contributed by atoms with Gasteiger partial charge in [-0.15, -0.1) is 0 Å². The lowest BCUT2D eigenvalue weighted by Gasteiger charge is -2.23. The Kier molecular flexibility index (Phi) is 5.95. The summed E-state index contributed by atoms with van der Waals surface area (Å²) >= 11 is 5.99. The van der Waals surface area contributed by atoms with E-state index in [9.17, 15) is 0 Å². The number of benzene rings is 1. The van der Waals surface area contributed by atoms with Gasteiger partial charge in [0.25, 0.3) is 0 Å². The van der Waals surface area contributed by atoms with Crippen molar-refractivity contribution < 1.29 is 0 Å². The van der Waals surface area contributed by atoms with Gasteiger partial charge in [-0.3, -0.25) is 4.68 Å². The van der Waals surface area contributed by atoms with Gasteiger partial charge in [0.15, 0.2) is 0 Å². The molecule has 24 heavy (non-hydrogen) atoms. The third kappa shape index (κ3) is 3.93. The summed E-state index contributed by atoms with van der Waals surface area (Å²) in [6.45, 7) is 5.67. The molecule has 1 aromatic heterocycles. The molecule has 0 aliphatic rings. The highest BCUT2D eigenvalue weighted by atomic mass is 35.5. The molecule has 0 saturated carbocycles. The molecule has 0 bridgehead atoms. The Balaban J connectivity index is 2.50. The largest absolute Gasteiger partial charge is 0.340 e. The quantitative estimate of drug-likeness (QED) is 0.527. The molecule has 1 atom stereocenters. The number of anilines is 1. The third-order valence-electron chi connectivity index (χ3n) is 3.76. The summed E-state index contributed by atoms with van der Waals surface area (Å²) < 4.78 is 1.73. The summed E-state index contributed by atoms with van der Waals surface area (Å²) in [7, 11) is 3.72. The predicted molar refractivity (Wildman–Crippen MR) is 101 cm³/mol. The summed E-state index contributed by atoms with van der Waals surface area (Å²) in [5.41, 5.74) is 3.06. The molecule has 1 aromatic carbocycles. The molecular weight excluding hydrogens is 322 g/mol. The maximum absolute atomic E-state index is 8.26. The number of hydrogen-bond donors (Lipinski definition) is 3. The van der Waals surface area contributed by atoms with Crippen molar-refractivity contribution >= 4 is 23.1 Å². The minimum atomic E-state index is -0.159. The van der Waals surface area contributed by atoms with E-state index in [1.54, 1.807) is 23.9 Å². The van der Waals surface area contributed by atoms with Crippen LogP contribution in [0, 0.1) is 5.41 Å². The van der Waals surface area contributed by atoms with Crippen LogP contribution in [0.2, 0.25) is 5.02 Å². The van der Waals surface area contributed by atoms with E-state index in [1.807, 2.05) is 44.4 Å². The normalized spacial score (nSPS) is 13.2. The molecule has 2 rings (SSSR count).